The predicted octanol–water partition coefficient (Wildman–Crippen LogP) is 9.51. The second-order valence-corrected chi connectivity index (χ2v) is 8.80. The summed E-state index contributed by atoms with van der Waals surface area (Å²) in [5, 5.41) is 0. The number of hydrogen-bond donors (Lipinski definition) is 0. The van der Waals surface area contributed by atoms with E-state index in [0.29, 0.717) is 5.41 Å². The number of thioether (sulfide) groups is 1. The second-order valence-electron chi connectivity index (χ2n) is 7.66. The zero-order valence-electron chi connectivity index (χ0n) is 20.7. The van der Waals surface area contributed by atoms with Crippen LogP contribution in [0.2, 0.25) is 0 Å². The van der Waals surface area contributed by atoms with Gasteiger partial charge in [-0.25, -0.2) is 0 Å². The van der Waals surface area contributed by atoms with Crippen LogP contribution in [0.15, 0.2) is 65.1 Å². The zero-order valence-corrected chi connectivity index (χ0v) is 21.5. The van der Waals surface area contributed by atoms with E-state index in [1.165, 1.54) is 34.4 Å². The van der Waals surface area contributed by atoms with Crippen molar-refractivity contribution in [3.05, 3.63) is 65.8 Å². The lowest BCUT2D eigenvalue weighted by Crippen LogP contribution is -2.16. The van der Waals surface area contributed by atoms with E-state index in [1.54, 1.807) is 7.11 Å². The summed E-state index contributed by atoms with van der Waals surface area (Å²) in [4.78, 5) is 1.23. The van der Waals surface area contributed by atoms with Crippen LogP contribution in [-0.4, -0.2) is 12.9 Å². The van der Waals surface area contributed by atoms with Crippen LogP contribution >= 0.6 is 11.8 Å². The van der Waals surface area contributed by atoms with E-state index in [-0.39, 0.29) is 0 Å². The van der Waals surface area contributed by atoms with Crippen LogP contribution < -0.4 is 4.74 Å². The summed E-state index contributed by atoms with van der Waals surface area (Å²) in [5.74, 6) is 2.11. The van der Waals surface area contributed by atoms with E-state index in [1.807, 2.05) is 45.5 Å². The Morgan fingerprint density at radius 2 is 1.80 bits per heavy atom. The molecule has 2 rings (SSSR count). The maximum atomic E-state index is 5.60. The second kappa shape index (κ2) is 16.1. The number of methoxy groups -OCH3 is 1. The van der Waals surface area contributed by atoms with Crippen molar-refractivity contribution in [2.45, 2.75) is 79.0 Å². The Morgan fingerprint density at radius 1 is 1.10 bits per heavy atom. The maximum absolute atomic E-state index is 5.60. The summed E-state index contributed by atoms with van der Waals surface area (Å²) >= 11 is 1.88. The lowest BCUT2D eigenvalue weighted by atomic mass is 9.75. The molecule has 1 nitrogen and oxygen atoms in total. The molecule has 0 saturated heterocycles. The molecule has 1 aromatic carbocycles. The molecule has 2 heteroatoms. The van der Waals surface area contributed by atoms with Crippen molar-refractivity contribution in [2.24, 2.45) is 5.41 Å². The monoisotopic (exact) mass is 428 g/mol. The summed E-state index contributed by atoms with van der Waals surface area (Å²) in [6.07, 6.45) is 15.4. The highest BCUT2D eigenvalue weighted by molar-refractivity contribution is 7.99. The van der Waals surface area contributed by atoms with Gasteiger partial charge in [-0.1, -0.05) is 97.9 Å². The first-order valence-corrected chi connectivity index (χ1v) is 12.5. The Balaban J connectivity index is 0.00000198. The standard InChI is InChI=1S/C24H32OS.2C2H6/c1-6-8-14-26-23-13-12-19(16-22(23)25-5)10-11-21-15-20(9-7-2)17-24(3,4)18-21;2*1-2/h7,9-13,15-16H,2,6,8,14,17-18H2,1,3-5H3;2*1-2H3/b11-10+,20-9-;;. The topological polar surface area (TPSA) is 9.23 Å². The van der Waals surface area contributed by atoms with Crippen molar-refractivity contribution in [2.75, 3.05) is 12.9 Å². The lowest BCUT2D eigenvalue weighted by molar-refractivity contribution is 0.355. The molecule has 1 aliphatic carbocycles. The zero-order chi connectivity index (χ0) is 23.0. The Morgan fingerprint density at radius 3 is 2.40 bits per heavy atom. The Kier molecular flexibility index (Phi) is 15.2. The van der Waals surface area contributed by atoms with Crippen LogP contribution in [-0.2, 0) is 0 Å². The lowest BCUT2D eigenvalue weighted by Gasteiger charge is -2.30. The normalized spacial score (nSPS) is 16.1. The first kappa shape index (κ1) is 28.3. The van der Waals surface area contributed by atoms with Crippen LogP contribution in [0.25, 0.3) is 6.08 Å². The minimum Gasteiger partial charge on any atom is -0.496 e. The largest absolute Gasteiger partial charge is 0.496 e. The molecule has 168 valence electrons. The molecule has 0 bridgehead atoms. The molecule has 1 aliphatic rings. The van der Waals surface area contributed by atoms with E-state index in [4.69, 9.17) is 4.74 Å². The van der Waals surface area contributed by atoms with E-state index in [0.717, 1.165) is 24.3 Å². The fourth-order valence-corrected chi connectivity index (χ4v) is 4.41. The summed E-state index contributed by atoms with van der Waals surface area (Å²) in [5.41, 5.74) is 4.20. The molecular formula is C28H44OS. The average molecular weight is 429 g/mol. The first-order valence-electron chi connectivity index (χ1n) is 11.5. The van der Waals surface area contributed by atoms with Gasteiger partial charge in [0, 0.05) is 4.90 Å². The molecule has 0 heterocycles. The molecule has 0 fully saturated rings. The van der Waals surface area contributed by atoms with Gasteiger partial charge >= 0.3 is 0 Å². The molecule has 0 aromatic heterocycles. The summed E-state index contributed by atoms with van der Waals surface area (Å²) in [6.45, 7) is 18.7. The fourth-order valence-electron chi connectivity index (χ4n) is 3.31. The van der Waals surface area contributed by atoms with Gasteiger partial charge in [-0.3, -0.25) is 0 Å². The number of allylic oxidation sites excluding steroid dienone is 6. The van der Waals surface area contributed by atoms with Gasteiger partial charge < -0.3 is 4.74 Å². The molecule has 0 N–H and O–H groups in total. The van der Waals surface area contributed by atoms with E-state index >= 15 is 0 Å². The van der Waals surface area contributed by atoms with Gasteiger partial charge in [0.15, 0.2) is 0 Å². The van der Waals surface area contributed by atoms with Crippen LogP contribution in [0.4, 0.5) is 0 Å². The van der Waals surface area contributed by atoms with E-state index < -0.39 is 0 Å². The van der Waals surface area contributed by atoms with Crippen molar-refractivity contribution in [1.82, 2.24) is 0 Å². The minimum atomic E-state index is 0.292. The van der Waals surface area contributed by atoms with Crippen molar-refractivity contribution in [3.8, 4) is 5.75 Å². The summed E-state index contributed by atoms with van der Waals surface area (Å²) in [6, 6.07) is 6.50. The van der Waals surface area contributed by atoms with Gasteiger partial charge in [0.25, 0.3) is 0 Å². The molecule has 30 heavy (non-hydrogen) atoms. The van der Waals surface area contributed by atoms with Gasteiger partial charge in [-0.2, -0.15) is 0 Å². The van der Waals surface area contributed by atoms with E-state index in [2.05, 4.69) is 69.9 Å². The molecule has 0 saturated carbocycles. The highest BCUT2D eigenvalue weighted by Gasteiger charge is 2.24. The average Bonchev–Trinajstić information content (AvgIpc) is 2.75. The van der Waals surface area contributed by atoms with Crippen molar-refractivity contribution < 1.29 is 4.74 Å². The maximum Gasteiger partial charge on any atom is 0.133 e. The van der Waals surface area contributed by atoms with Gasteiger partial charge in [-0.15, -0.1) is 11.8 Å². The summed E-state index contributed by atoms with van der Waals surface area (Å²) < 4.78 is 5.60. The smallest absolute Gasteiger partial charge is 0.133 e. The third-order valence-electron chi connectivity index (χ3n) is 4.50. The van der Waals surface area contributed by atoms with Crippen LogP contribution in [0.1, 0.15) is 79.7 Å². The van der Waals surface area contributed by atoms with E-state index in [9.17, 15) is 0 Å². The molecule has 0 spiro atoms. The minimum absolute atomic E-state index is 0.292. The Labute approximate surface area is 191 Å². The molecule has 1 aromatic rings. The highest BCUT2D eigenvalue weighted by atomic mass is 32.2. The van der Waals surface area contributed by atoms with Crippen molar-refractivity contribution in [1.29, 1.82) is 0 Å². The van der Waals surface area contributed by atoms with Gasteiger partial charge in [0.2, 0.25) is 0 Å². The third-order valence-corrected chi connectivity index (χ3v) is 5.64. The van der Waals surface area contributed by atoms with Crippen LogP contribution in [0.3, 0.4) is 0 Å². The number of rotatable bonds is 8. The number of ether oxygens (including phenoxy) is 1. The van der Waals surface area contributed by atoms with Crippen molar-refractivity contribution >= 4 is 17.8 Å². The Bertz CT molecular complexity index is 707. The first-order chi connectivity index (χ1) is 14.5. The molecule has 0 atom stereocenters. The number of benzene rings is 1. The molecule has 0 aliphatic heterocycles. The molecular weight excluding hydrogens is 384 g/mol. The molecule has 0 radical (unpaired) electrons. The Hall–Kier alpha value is -1.67. The van der Waals surface area contributed by atoms with Crippen molar-refractivity contribution in [3.63, 3.8) is 0 Å². The fraction of sp³-hybridized carbons (Fsp3) is 0.500. The molecule has 0 amide bonds. The van der Waals surface area contributed by atoms with Crippen LogP contribution in [0.5, 0.6) is 5.75 Å². The van der Waals surface area contributed by atoms with Crippen LogP contribution in [0, 0.1) is 5.41 Å². The SMILES string of the molecule is C=C/C=C1C=C(/C=C/c2ccc(SCCCC)c(OC)c2)CC(C)(C)C/1.CC.CC. The van der Waals surface area contributed by atoms with Gasteiger partial charge in [0.05, 0.1) is 7.11 Å². The summed E-state index contributed by atoms with van der Waals surface area (Å²) in [7, 11) is 1.76. The van der Waals surface area contributed by atoms with Gasteiger partial charge in [-0.05, 0) is 59.3 Å². The predicted molar refractivity (Wildman–Crippen MR) is 140 cm³/mol. The number of hydrogen-bond acceptors (Lipinski definition) is 2. The molecule has 0 unspecified atom stereocenters. The highest BCUT2D eigenvalue weighted by Crippen LogP contribution is 2.38. The number of unbranched alkanes of at least 4 members (excludes halogenated alkanes) is 1. The van der Waals surface area contributed by atoms with Gasteiger partial charge in [0.1, 0.15) is 5.75 Å². The quantitative estimate of drug-likeness (QED) is 0.301. The third kappa shape index (κ3) is 10.4.